The first kappa shape index (κ1) is 31.8. The maximum atomic E-state index is 13.9. The molecule has 36 heavy (non-hydrogen) atoms. The number of rotatable bonds is 18. The Morgan fingerprint density at radius 3 is 1.42 bits per heavy atom. The van der Waals surface area contributed by atoms with Crippen molar-refractivity contribution in [2.24, 2.45) is 5.41 Å². The third kappa shape index (κ3) is 8.73. The van der Waals surface area contributed by atoms with Crippen molar-refractivity contribution >= 4 is 11.9 Å². The first-order valence-corrected chi connectivity index (χ1v) is 13.0. The Labute approximate surface area is 210 Å². The summed E-state index contributed by atoms with van der Waals surface area (Å²) in [4.78, 5) is 25.4. The lowest BCUT2D eigenvalue weighted by Gasteiger charge is -2.27. The molecule has 0 spiro atoms. The highest BCUT2D eigenvalue weighted by Gasteiger charge is 2.46. The third-order valence-electron chi connectivity index (χ3n) is 6.62. The van der Waals surface area contributed by atoms with Gasteiger partial charge in [0, 0.05) is 0 Å². The van der Waals surface area contributed by atoms with Crippen LogP contribution in [0.2, 0.25) is 0 Å². The third-order valence-corrected chi connectivity index (χ3v) is 6.62. The molecule has 1 aromatic carbocycles. The van der Waals surface area contributed by atoms with Gasteiger partial charge in [-0.1, -0.05) is 85.0 Å². The lowest BCUT2D eigenvalue weighted by Crippen LogP contribution is -2.41. The predicted molar refractivity (Wildman–Crippen MR) is 126 cm³/mol. The fraction of sp³-hybridized carbons (Fsp3) is 0.704. The van der Waals surface area contributed by atoms with Crippen molar-refractivity contribution in [3.05, 3.63) is 34.6 Å². The lowest BCUT2D eigenvalue weighted by molar-refractivity contribution is -0.174. The molecule has 0 saturated carbocycles. The average Bonchev–Trinajstić information content (AvgIpc) is 2.88. The van der Waals surface area contributed by atoms with Crippen LogP contribution in [0.25, 0.3) is 0 Å². The minimum absolute atomic E-state index is 0.0173. The summed E-state index contributed by atoms with van der Waals surface area (Å²) in [7, 11) is 0. The van der Waals surface area contributed by atoms with Crippen LogP contribution in [0.3, 0.4) is 0 Å². The second kappa shape index (κ2) is 16.5. The van der Waals surface area contributed by atoms with E-state index in [9.17, 15) is 31.5 Å². The summed E-state index contributed by atoms with van der Waals surface area (Å²) in [6.45, 7) is 4.20. The van der Waals surface area contributed by atoms with Gasteiger partial charge in [0.15, 0.2) is 28.7 Å². The van der Waals surface area contributed by atoms with E-state index < -0.39 is 58.6 Å². The zero-order valence-electron chi connectivity index (χ0n) is 21.6. The SMILES string of the molecule is CCCCCCCCCCCCCOC(=O)C(CC)(CC)C(=O)OCc1c(F)c(F)c(F)c(F)c1F. The highest BCUT2D eigenvalue weighted by Crippen LogP contribution is 2.32. The largest absolute Gasteiger partial charge is 0.465 e. The van der Waals surface area contributed by atoms with E-state index in [1.54, 1.807) is 13.8 Å². The molecule has 0 N–H and O–H groups in total. The number of esters is 2. The van der Waals surface area contributed by atoms with Crippen molar-refractivity contribution in [1.82, 2.24) is 0 Å². The molecule has 0 aliphatic heterocycles. The van der Waals surface area contributed by atoms with Gasteiger partial charge in [0.05, 0.1) is 12.2 Å². The molecule has 9 heteroatoms. The van der Waals surface area contributed by atoms with Gasteiger partial charge in [0.25, 0.3) is 0 Å². The second-order valence-electron chi connectivity index (χ2n) is 9.09. The lowest BCUT2D eigenvalue weighted by atomic mass is 9.82. The number of unbranched alkanes of at least 4 members (excludes halogenated alkanes) is 10. The van der Waals surface area contributed by atoms with Crippen LogP contribution in [0.4, 0.5) is 22.0 Å². The summed E-state index contributed by atoms with van der Waals surface area (Å²) in [5, 5.41) is 0. The number of hydrogen-bond donors (Lipinski definition) is 0. The van der Waals surface area contributed by atoms with Crippen molar-refractivity contribution < 1.29 is 41.0 Å². The fourth-order valence-corrected chi connectivity index (χ4v) is 4.03. The molecule has 0 heterocycles. The Hall–Kier alpha value is -2.19. The van der Waals surface area contributed by atoms with E-state index in [0.29, 0.717) is 6.42 Å². The van der Waals surface area contributed by atoms with E-state index in [0.717, 1.165) is 19.3 Å². The molecule has 0 radical (unpaired) electrons. The monoisotopic (exact) mass is 522 g/mol. The molecular weight excluding hydrogens is 483 g/mol. The summed E-state index contributed by atoms with van der Waals surface area (Å²) in [6, 6.07) is 0. The number of carbonyl (C=O) groups excluding carboxylic acids is 2. The molecule has 0 aliphatic carbocycles. The summed E-state index contributed by atoms with van der Waals surface area (Å²) in [5.74, 6) is -12.7. The smallest absolute Gasteiger partial charge is 0.323 e. The minimum atomic E-state index is -2.30. The highest BCUT2D eigenvalue weighted by molar-refractivity contribution is 6.00. The summed E-state index contributed by atoms with van der Waals surface area (Å²) < 4.78 is 77.9. The van der Waals surface area contributed by atoms with Gasteiger partial charge in [-0.15, -0.1) is 0 Å². The first-order valence-electron chi connectivity index (χ1n) is 13.0. The van der Waals surface area contributed by atoms with E-state index in [4.69, 9.17) is 9.47 Å². The number of carbonyl (C=O) groups is 2. The summed E-state index contributed by atoms with van der Waals surface area (Å²) >= 11 is 0. The summed E-state index contributed by atoms with van der Waals surface area (Å²) in [5.41, 5.74) is -3.02. The Kier molecular flexibility index (Phi) is 14.6. The minimum Gasteiger partial charge on any atom is -0.465 e. The molecule has 0 saturated heterocycles. The molecule has 4 nitrogen and oxygen atoms in total. The molecule has 0 bridgehead atoms. The molecule has 1 aromatic rings. The van der Waals surface area contributed by atoms with Crippen molar-refractivity contribution in [2.75, 3.05) is 6.61 Å². The number of halogens is 5. The van der Waals surface area contributed by atoms with E-state index >= 15 is 0 Å². The van der Waals surface area contributed by atoms with Gasteiger partial charge >= 0.3 is 11.9 Å². The predicted octanol–water partition coefficient (Wildman–Crippen LogP) is 8.09. The van der Waals surface area contributed by atoms with Crippen molar-refractivity contribution in [3.63, 3.8) is 0 Å². The Morgan fingerprint density at radius 1 is 0.583 bits per heavy atom. The fourth-order valence-electron chi connectivity index (χ4n) is 4.03. The zero-order valence-corrected chi connectivity index (χ0v) is 21.6. The molecule has 206 valence electrons. The van der Waals surface area contributed by atoms with Crippen LogP contribution in [-0.2, 0) is 25.7 Å². The number of benzene rings is 1. The Bertz CT molecular complexity index is 811. The summed E-state index contributed by atoms with van der Waals surface area (Å²) in [6.07, 6.45) is 12.4. The standard InChI is InChI=1S/C27H39F5O4/c1-4-7-8-9-10-11-12-13-14-15-16-17-35-25(33)27(5-2,6-3)26(34)36-18-19-20(28)22(30)24(32)23(31)21(19)29/h4-18H2,1-3H3. The van der Waals surface area contributed by atoms with Gasteiger partial charge in [-0.05, 0) is 19.3 Å². The van der Waals surface area contributed by atoms with Crippen LogP contribution in [0, 0.1) is 34.5 Å². The van der Waals surface area contributed by atoms with Crippen LogP contribution in [0.15, 0.2) is 0 Å². The number of ether oxygens (including phenoxy) is 2. The van der Waals surface area contributed by atoms with Crippen molar-refractivity contribution in [1.29, 1.82) is 0 Å². The maximum absolute atomic E-state index is 13.9. The molecule has 0 unspecified atom stereocenters. The van der Waals surface area contributed by atoms with Crippen LogP contribution < -0.4 is 0 Å². The average molecular weight is 523 g/mol. The van der Waals surface area contributed by atoms with Crippen molar-refractivity contribution in [2.45, 2.75) is 111 Å². The van der Waals surface area contributed by atoms with Gasteiger partial charge in [-0.3, -0.25) is 9.59 Å². The van der Waals surface area contributed by atoms with E-state index in [-0.39, 0.29) is 19.4 Å². The molecule has 0 amide bonds. The molecule has 0 fully saturated rings. The molecule has 0 aliphatic rings. The number of hydrogen-bond acceptors (Lipinski definition) is 4. The van der Waals surface area contributed by atoms with Crippen molar-refractivity contribution in [3.8, 4) is 0 Å². The topological polar surface area (TPSA) is 52.6 Å². The van der Waals surface area contributed by atoms with Crippen LogP contribution in [0.1, 0.15) is 110 Å². The van der Waals surface area contributed by atoms with Gasteiger partial charge in [-0.25, -0.2) is 22.0 Å². The molecular formula is C27H39F5O4. The van der Waals surface area contributed by atoms with Gasteiger partial charge in [-0.2, -0.15) is 0 Å². The quantitative estimate of drug-likeness (QED) is 0.0488. The maximum Gasteiger partial charge on any atom is 0.323 e. The van der Waals surface area contributed by atoms with Gasteiger partial charge in [0.2, 0.25) is 5.82 Å². The highest BCUT2D eigenvalue weighted by atomic mass is 19.2. The molecule has 0 aromatic heterocycles. The second-order valence-corrected chi connectivity index (χ2v) is 9.09. The van der Waals surface area contributed by atoms with Crippen LogP contribution in [0.5, 0.6) is 0 Å². The van der Waals surface area contributed by atoms with Gasteiger partial charge < -0.3 is 9.47 Å². The normalized spacial score (nSPS) is 11.6. The molecule has 1 rings (SSSR count). The zero-order chi connectivity index (χ0) is 27.1. The van der Waals surface area contributed by atoms with E-state index in [1.807, 2.05) is 0 Å². The van der Waals surface area contributed by atoms with E-state index in [2.05, 4.69) is 6.92 Å². The van der Waals surface area contributed by atoms with Crippen LogP contribution in [-0.4, -0.2) is 18.5 Å². The van der Waals surface area contributed by atoms with Gasteiger partial charge in [0.1, 0.15) is 6.61 Å². The Balaban J connectivity index is 2.51. The van der Waals surface area contributed by atoms with E-state index in [1.165, 1.54) is 44.9 Å². The van der Waals surface area contributed by atoms with Crippen LogP contribution >= 0.6 is 0 Å². The Morgan fingerprint density at radius 2 is 0.972 bits per heavy atom. The molecule has 0 atom stereocenters. The first-order chi connectivity index (χ1) is 17.2.